The standard InChI is InChI=1S/C14H20F3NO/c1-3-9-18-13(14(15,16)17)11-5-7-12(8-6-11)19-10-4-2/h5-8,13,18H,3-4,9-10H2,1-2H3. The van der Waals surface area contributed by atoms with Gasteiger partial charge in [0.2, 0.25) is 0 Å². The summed E-state index contributed by atoms with van der Waals surface area (Å²) in [5, 5.41) is 2.52. The summed E-state index contributed by atoms with van der Waals surface area (Å²) < 4.78 is 44.2. The Morgan fingerprint density at radius 1 is 1.11 bits per heavy atom. The Labute approximate surface area is 112 Å². The second-order valence-electron chi connectivity index (χ2n) is 4.35. The molecule has 0 spiro atoms. The highest BCUT2D eigenvalue weighted by Crippen LogP contribution is 2.33. The molecule has 0 amide bonds. The van der Waals surface area contributed by atoms with Crippen LogP contribution in [0, 0.1) is 0 Å². The molecule has 1 rings (SSSR count). The van der Waals surface area contributed by atoms with Crippen LogP contribution in [0.25, 0.3) is 0 Å². The lowest BCUT2D eigenvalue weighted by molar-refractivity contribution is -0.157. The van der Waals surface area contributed by atoms with Crippen LogP contribution in [0.5, 0.6) is 5.75 Å². The van der Waals surface area contributed by atoms with E-state index in [1.54, 1.807) is 12.1 Å². The Morgan fingerprint density at radius 3 is 2.21 bits per heavy atom. The molecule has 2 nitrogen and oxygen atoms in total. The number of benzene rings is 1. The topological polar surface area (TPSA) is 21.3 Å². The molecule has 0 saturated carbocycles. The van der Waals surface area contributed by atoms with E-state index in [0.29, 0.717) is 25.3 Å². The number of hydrogen-bond donors (Lipinski definition) is 1. The first kappa shape index (κ1) is 15.8. The summed E-state index contributed by atoms with van der Waals surface area (Å²) >= 11 is 0. The van der Waals surface area contributed by atoms with Crippen LogP contribution in [0.3, 0.4) is 0 Å². The summed E-state index contributed by atoms with van der Waals surface area (Å²) in [4.78, 5) is 0. The third-order valence-corrected chi connectivity index (χ3v) is 2.61. The van der Waals surface area contributed by atoms with Crippen LogP contribution in [-0.4, -0.2) is 19.3 Å². The van der Waals surface area contributed by atoms with Gasteiger partial charge in [-0.1, -0.05) is 26.0 Å². The largest absolute Gasteiger partial charge is 0.494 e. The van der Waals surface area contributed by atoms with Gasteiger partial charge in [0, 0.05) is 0 Å². The zero-order valence-electron chi connectivity index (χ0n) is 11.3. The molecule has 5 heteroatoms. The van der Waals surface area contributed by atoms with E-state index in [0.717, 1.165) is 6.42 Å². The summed E-state index contributed by atoms with van der Waals surface area (Å²) in [6.07, 6.45) is -2.77. The first-order chi connectivity index (χ1) is 8.99. The van der Waals surface area contributed by atoms with E-state index in [4.69, 9.17) is 4.74 Å². The maximum Gasteiger partial charge on any atom is 0.407 e. The van der Waals surface area contributed by atoms with Crippen molar-refractivity contribution >= 4 is 0 Å². The molecule has 1 atom stereocenters. The number of rotatable bonds is 7. The first-order valence-electron chi connectivity index (χ1n) is 6.51. The average Bonchev–Trinajstić information content (AvgIpc) is 2.36. The van der Waals surface area contributed by atoms with E-state index in [9.17, 15) is 13.2 Å². The Bertz CT molecular complexity index is 362. The van der Waals surface area contributed by atoms with Crippen LogP contribution in [0.1, 0.15) is 38.3 Å². The Kier molecular flexibility index (Phi) is 6.15. The summed E-state index contributed by atoms with van der Waals surface area (Å²) in [6.45, 7) is 4.71. The fourth-order valence-corrected chi connectivity index (χ4v) is 1.69. The first-order valence-corrected chi connectivity index (χ1v) is 6.51. The molecular weight excluding hydrogens is 255 g/mol. The lowest BCUT2D eigenvalue weighted by Gasteiger charge is -2.22. The number of nitrogens with one attached hydrogen (secondary N) is 1. The minimum Gasteiger partial charge on any atom is -0.494 e. The number of hydrogen-bond acceptors (Lipinski definition) is 2. The minimum atomic E-state index is -4.29. The van der Waals surface area contributed by atoms with Gasteiger partial charge in [0.15, 0.2) is 0 Å². The van der Waals surface area contributed by atoms with Gasteiger partial charge in [-0.25, -0.2) is 0 Å². The van der Waals surface area contributed by atoms with E-state index in [1.165, 1.54) is 12.1 Å². The molecule has 0 heterocycles. The summed E-state index contributed by atoms with van der Waals surface area (Å²) in [5.41, 5.74) is 0.213. The van der Waals surface area contributed by atoms with E-state index in [-0.39, 0.29) is 5.56 Å². The Hall–Kier alpha value is -1.23. The lowest BCUT2D eigenvalue weighted by atomic mass is 10.1. The van der Waals surface area contributed by atoms with Gasteiger partial charge in [0.25, 0.3) is 0 Å². The molecule has 1 unspecified atom stereocenters. The Balaban J connectivity index is 2.79. The van der Waals surface area contributed by atoms with E-state index < -0.39 is 12.2 Å². The zero-order chi connectivity index (χ0) is 14.3. The molecule has 108 valence electrons. The van der Waals surface area contributed by atoms with Gasteiger partial charge in [-0.3, -0.25) is 0 Å². The zero-order valence-corrected chi connectivity index (χ0v) is 11.3. The van der Waals surface area contributed by atoms with Crippen molar-refractivity contribution in [3.8, 4) is 5.75 Å². The highest BCUT2D eigenvalue weighted by molar-refractivity contribution is 5.30. The van der Waals surface area contributed by atoms with Gasteiger partial charge in [0.05, 0.1) is 6.61 Å². The van der Waals surface area contributed by atoms with Crippen LogP contribution < -0.4 is 10.1 Å². The molecule has 19 heavy (non-hydrogen) atoms. The molecule has 1 N–H and O–H groups in total. The monoisotopic (exact) mass is 275 g/mol. The smallest absolute Gasteiger partial charge is 0.407 e. The van der Waals surface area contributed by atoms with Crippen molar-refractivity contribution in [3.05, 3.63) is 29.8 Å². The van der Waals surface area contributed by atoms with Crippen LogP contribution in [-0.2, 0) is 0 Å². The maximum atomic E-state index is 12.9. The van der Waals surface area contributed by atoms with Crippen molar-refractivity contribution in [2.45, 2.75) is 38.9 Å². The molecule has 0 aliphatic heterocycles. The third-order valence-electron chi connectivity index (χ3n) is 2.61. The average molecular weight is 275 g/mol. The van der Waals surface area contributed by atoms with Gasteiger partial charge < -0.3 is 10.1 Å². The fourth-order valence-electron chi connectivity index (χ4n) is 1.69. The van der Waals surface area contributed by atoms with Gasteiger partial charge in [-0.2, -0.15) is 13.2 Å². The van der Waals surface area contributed by atoms with Crippen molar-refractivity contribution in [1.82, 2.24) is 5.32 Å². The highest BCUT2D eigenvalue weighted by atomic mass is 19.4. The van der Waals surface area contributed by atoms with Crippen LogP contribution in [0.2, 0.25) is 0 Å². The quantitative estimate of drug-likeness (QED) is 0.809. The SMILES string of the molecule is CCCNC(c1ccc(OCCC)cc1)C(F)(F)F. The molecule has 0 aliphatic rings. The highest BCUT2D eigenvalue weighted by Gasteiger charge is 2.40. The number of halogens is 3. The van der Waals surface area contributed by atoms with Crippen molar-refractivity contribution < 1.29 is 17.9 Å². The van der Waals surface area contributed by atoms with Gasteiger partial charge in [0.1, 0.15) is 11.8 Å². The van der Waals surface area contributed by atoms with E-state index in [1.807, 2.05) is 13.8 Å². The molecule has 0 fully saturated rings. The van der Waals surface area contributed by atoms with Gasteiger partial charge in [-0.05, 0) is 37.1 Å². The van der Waals surface area contributed by atoms with Crippen molar-refractivity contribution in [1.29, 1.82) is 0 Å². The molecule has 0 bridgehead atoms. The number of alkyl halides is 3. The maximum absolute atomic E-state index is 12.9. The predicted molar refractivity (Wildman–Crippen MR) is 69.3 cm³/mol. The molecule has 0 aromatic heterocycles. The Morgan fingerprint density at radius 2 is 1.74 bits per heavy atom. The molecule has 1 aromatic rings. The van der Waals surface area contributed by atoms with Crippen LogP contribution >= 0.6 is 0 Å². The van der Waals surface area contributed by atoms with Crippen LogP contribution in [0.15, 0.2) is 24.3 Å². The van der Waals surface area contributed by atoms with Gasteiger partial charge >= 0.3 is 6.18 Å². The summed E-state index contributed by atoms with van der Waals surface area (Å²) in [7, 11) is 0. The van der Waals surface area contributed by atoms with Gasteiger partial charge in [-0.15, -0.1) is 0 Å². The minimum absolute atomic E-state index is 0.213. The second kappa shape index (κ2) is 7.38. The lowest BCUT2D eigenvalue weighted by Crippen LogP contribution is -2.34. The fraction of sp³-hybridized carbons (Fsp3) is 0.571. The van der Waals surface area contributed by atoms with Crippen molar-refractivity contribution in [2.75, 3.05) is 13.2 Å². The molecular formula is C14H20F3NO. The van der Waals surface area contributed by atoms with E-state index in [2.05, 4.69) is 5.32 Å². The van der Waals surface area contributed by atoms with Crippen molar-refractivity contribution in [3.63, 3.8) is 0 Å². The van der Waals surface area contributed by atoms with Crippen LogP contribution in [0.4, 0.5) is 13.2 Å². The molecule has 1 aromatic carbocycles. The molecule has 0 radical (unpaired) electrons. The second-order valence-corrected chi connectivity index (χ2v) is 4.35. The predicted octanol–water partition coefficient (Wildman–Crippen LogP) is 4.08. The third kappa shape index (κ3) is 5.11. The van der Waals surface area contributed by atoms with Crippen molar-refractivity contribution in [2.24, 2.45) is 0 Å². The summed E-state index contributed by atoms with van der Waals surface area (Å²) in [5.74, 6) is 0.599. The summed E-state index contributed by atoms with van der Waals surface area (Å²) in [6, 6.07) is 4.47. The molecule has 0 aliphatic carbocycles. The normalized spacial score (nSPS) is 13.3. The van der Waals surface area contributed by atoms with E-state index >= 15 is 0 Å². The number of ether oxygens (including phenoxy) is 1. The molecule has 0 saturated heterocycles.